The first-order chi connectivity index (χ1) is 24.6. The van der Waals surface area contributed by atoms with E-state index in [-0.39, 0.29) is 0 Å². The maximum absolute atomic E-state index is 5.18. The Balaban J connectivity index is 1.34. The third-order valence-electron chi connectivity index (χ3n) is 9.22. The number of aryl methyl sites for hydroxylation is 2. The molecular weight excluding hydrogens is 607 g/mol. The summed E-state index contributed by atoms with van der Waals surface area (Å²) in [7, 11) is 0. The Morgan fingerprint density at radius 3 is 1.38 bits per heavy atom. The molecular formula is C47H35N3. The van der Waals surface area contributed by atoms with Crippen molar-refractivity contribution in [2.45, 2.75) is 13.8 Å². The molecule has 2 aromatic heterocycles. The van der Waals surface area contributed by atoms with E-state index in [1.54, 1.807) is 6.20 Å². The van der Waals surface area contributed by atoms with Gasteiger partial charge in [-0.05, 0) is 118 Å². The predicted octanol–water partition coefficient (Wildman–Crippen LogP) is 12.2. The van der Waals surface area contributed by atoms with Crippen LogP contribution in [0.15, 0.2) is 176 Å². The maximum atomic E-state index is 5.18. The average molecular weight is 642 g/mol. The van der Waals surface area contributed by atoms with Crippen molar-refractivity contribution in [3.05, 3.63) is 187 Å². The topological polar surface area (TPSA) is 38.7 Å². The monoisotopic (exact) mass is 641 g/mol. The minimum Gasteiger partial charge on any atom is -0.255 e. The molecule has 3 heteroatoms. The summed E-state index contributed by atoms with van der Waals surface area (Å²) in [5, 5.41) is 0. The van der Waals surface area contributed by atoms with E-state index in [2.05, 4.69) is 152 Å². The highest BCUT2D eigenvalue weighted by molar-refractivity contribution is 5.85. The summed E-state index contributed by atoms with van der Waals surface area (Å²) >= 11 is 0. The molecule has 50 heavy (non-hydrogen) atoms. The second-order valence-electron chi connectivity index (χ2n) is 12.6. The van der Waals surface area contributed by atoms with Gasteiger partial charge in [-0.2, -0.15) is 0 Å². The summed E-state index contributed by atoms with van der Waals surface area (Å²) in [6.45, 7) is 4.33. The number of pyridine rings is 1. The van der Waals surface area contributed by atoms with Crippen LogP contribution in [0.4, 0.5) is 0 Å². The number of hydrogen-bond donors (Lipinski definition) is 0. The van der Waals surface area contributed by atoms with Crippen molar-refractivity contribution < 1.29 is 0 Å². The molecule has 0 aliphatic carbocycles. The fourth-order valence-electron chi connectivity index (χ4n) is 6.59. The Morgan fingerprint density at radius 1 is 0.320 bits per heavy atom. The Hall–Kier alpha value is -6.45. The average Bonchev–Trinajstić information content (AvgIpc) is 3.19. The van der Waals surface area contributed by atoms with Crippen LogP contribution in [-0.4, -0.2) is 15.0 Å². The predicted molar refractivity (Wildman–Crippen MR) is 207 cm³/mol. The fraction of sp³-hybridized carbons (Fsp3) is 0.0426. The van der Waals surface area contributed by atoms with E-state index < -0.39 is 0 Å². The van der Waals surface area contributed by atoms with Gasteiger partial charge in [-0.3, -0.25) is 4.98 Å². The second kappa shape index (κ2) is 13.6. The number of aromatic nitrogens is 3. The molecule has 0 fully saturated rings. The molecule has 2 heterocycles. The highest BCUT2D eigenvalue weighted by Crippen LogP contribution is 2.37. The van der Waals surface area contributed by atoms with Crippen LogP contribution >= 0.6 is 0 Å². The van der Waals surface area contributed by atoms with Gasteiger partial charge in [0.25, 0.3) is 0 Å². The lowest BCUT2D eigenvalue weighted by Crippen LogP contribution is -1.97. The van der Waals surface area contributed by atoms with E-state index in [1.807, 2.05) is 36.4 Å². The molecule has 0 amide bonds. The lowest BCUT2D eigenvalue weighted by atomic mass is 9.91. The quantitative estimate of drug-likeness (QED) is 0.174. The van der Waals surface area contributed by atoms with Crippen molar-refractivity contribution in [3.63, 3.8) is 0 Å². The largest absolute Gasteiger partial charge is 0.255 e. The Bertz CT molecular complexity index is 2280. The van der Waals surface area contributed by atoms with Gasteiger partial charge in [0.2, 0.25) is 0 Å². The van der Waals surface area contributed by atoms with Gasteiger partial charge in [-0.15, -0.1) is 0 Å². The molecule has 8 aromatic rings. The van der Waals surface area contributed by atoms with Gasteiger partial charge >= 0.3 is 0 Å². The molecule has 0 aliphatic heterocycles. The molecule has 0 radical (unpaired) electrons. The van der Waals surface area contributed by atoms with E-state index in [0.29, 0.717) is 5.82 Å². The standard InChI is InChI=1S/C47H35N3/c1-32-14-6-8-22-42(32)37-20-12-18-35(26-37)39-28-40(36-19-13-21-38(27-36)43-23-9-7-15-33(43)2)30-41(29-39)45-31-46(44-24-10-11-25-48-44)50-47(49-45)34-16-4-3-5-17-34/h3-31H,1-2H3. The molecule has 0 saturated carbocycles. The third-order valence-corrected chi connectivity index (χ3v) is 9.22. The maximum Gasteiger partial charge on any atom is 0.160 e. The van der Waals surface area contributed by atoms with E-state index in [4.69, 9.17) is 9.97 Å². The summed E-state index contributed by atoms with van der Waals surface area (Å²) in [6, 6.07) is 59.7. The molecule has 0 spiro atoms. The molecule has 3 nitrogen and oxygen atoms in total. The number of rotatable bonds is 7. The number of nitrogens with zero attached hydrogens (tertiary/aromatic N) is 3. The molecule has 0 N–H and O–H groups in total. The molecule has 0 bridgehead atoms. The first-order valence-electron chi connectivity index (χ1n) is 16.9. The second-order valence-corrected chi connectivity index (χ2v) is 12.6. The van der Waals surface area contributed by atoms with Crippen LogP contribution in [0.5, 0.6) is 0 Å². The van der Waals surface area contributed by atoms with E-state index >= 15 is 0 Å². The van der Waals surface area contributed by atoms with E-state index in [1.165, 1.54) is 33.4 Å². The molecule has 8 rings (SSSR count). The van der Waals surface area contributed by atoms with Crippen molar-refractivity contribution in [1.29, 1.82) is 0 Å². The minimum absolute atomic E-state index is 0.666. The normalized spacial score (nSPS) is 11.0. The zero-order valence-corrected chi connectivity index (χ0v) is 28.1. The zero-order valence-electron chi connectivity index (χ0n) is 28.1. The summed E-state index contributed by atoms with van der Waals surface area (Å²) in [4.78, 5) is 14.8. The lowest BCUT2D eigenvalue weighted by molar-refractivity contribution is 1.16. The Labute approximate surface area is 293 Å². The van der Waals surface area contributed by atoms with Crippen molar-refractivity contribution in [1.82, 2.24) is 15.0 Å². The SMILES string of the molecule is Cc1ccccc1-c1cccc(-c2cc(-c3cccc(-c4ccccc4C)c3)cc(-c3cc(-c4ccccn4)nc(-c4ccccc4)n3)c2)c1. The lowest BCUT2D eigenvalue weighted by Gasteiger charge is -2.15. The first kappa shape index (κ1) is 30.9. The van der Waals surface area contributed by atoms with Crippen LogP contribution in [0.2, 0.25) is 0 Å². The van der Waals surface area contributed by atoms with Crippen LogP contribution < -0.4 is 0 Å². The first-order valence-corrected chi connectivity index (χ1v) is 16.9. The van der Waals surface area contributed by atoms with Crippen LogP contribution in [0.1, 0.15) is 11.1 Å². The van der Waals surface area contributed by atoms with Crippen LogP contribution in [-0.2, 0) is 0 Å². The molecule has 0 atom stereocenters. The smallest absolute Gasteiger partial charge is 0.160 e. The fourth-order valence-corrected chi connectivity index (χ4v) is 6.59. The summed E-state index contributed by atoms with van der Waals surface area (Å²) < 4.78 is 0. The van der Waals surface area contributed by atoms with Gasteiger partial charge in [-0.25, -0.2) is 9.97 Å². The van der Waals surface area contributed by atoms with Gasteiger partial charge in [0, 0.05) is 17.3 Å². The van der Waals surface area contributed by atoms with E-state index in [9.17, 15) is 0 Å². The van der Waals surface area contributed by atoms with Crippen LogP contribution in [0, 0.1) is 13.8 Å². The van der Waals surface area contributed by atoms with E-state index in [0.717, 1.165) is 50.5 Å². The van der Waals surface area contributed by atoms with Gasteiger partial charge < -0.3 is 0 Å². The highest BCUT2D eigenvalue weighted by Gasteiger charge is 2.15. The molecule has 238 valence electrons. The molecule has 0 aliphatic rings. The van der Waals surface area contributed by atoms with Crippen LogP contribution in [0.3, 0.4) is 0 Å². The van der Waals surface area contributed by atoms with Gasteiger partial charge in [0.1, 0.15) is 0 Å². The Kier molecular flexibility index (Phi) is 8.38. The van der Waals surface area contributed by atoms with Crippen molar-refractivity contribution in [2.75, 3.05) is 0 Å². The highest BCUT2D eigenvalue weighted by atomic mass is 14.9. The number of benzene rings is 6. The van der Waals surface area contributed by atoms with Crippen LogP contribution in [0.25, 0.3) is 78.5 Å². The Morgan fingerprint density at radius 2 is 0.800 bits per heavy atom. The summed E-state index contributed by atoms with van der Waals surface area (Å²) in [6.07, 6.45) is 1.81. The summed E-state index contributed by atoms with van der Waals surface area (Å²) in [5.74, 6) is 0.666. The van der Waals surface area contributed by atoms with Crippen molar-refractivity contribution in [3.8, 4) is 78.5 Å². The molecule has 6 aromatic carbocycles. The third kappa shape index (κ3) is 6.37. The zero-order chi connectivity index (χ0) is 33.9. The van der Waals surface area contributed by atoms with Gasteiger partial charge in [0.05, 0.1) is 17.1 Å². The minimum atomic E-state index is 0.666. The molecule has 0 saturated heterocycles. The van der Waals surface area contributed by atoms with Crippen molar-refractivity contribution in [2.24, 2.45) is 0 Å². The van der Waals surface area contributed by atoms with Gasteiger partial charge in [-0.1, -0.05) is 121 Å². The summed E-state index contributed by atoms with van der Waals surface area (Å²) in [5.41, 5.74) is 16.3. The van der Waals surface area contributed by atoms with Crippen molar-refractivity contribution >= 4 is 0 Å². The number of hydrogen-bond acceptors (Lipinski definition) is 3. The molecule has 0 unspecified atom stereocenters. The van der Waals surface area contributed by atoms with Gasteiger partial charge in [0.15, 0.2) is 5.82 Å².